The molecule has 156 valence electrons. The van der Waals surface area contributed by atoms with E-state index in [1.807, 2.05) is 42.5 Å². The predicted octanol–water partition coefficient (Wildman–Crippen LogP) is 4.42. The lowest BCUT2D eigenvalue weighted by Crippen LogP contribution is -2.34. The first-order valence-electron chi connectivity index (χ1n) is 10.0. The van der Waals surface area contributed by atoms with Crippen LogP contribution in [0, 0.1) is 0 Å². The Morgan fingerprint density at radius 2 is 1.60 bits per heavy atom. The molecule has 0 saturated carbocycles. The van der Waals surface area contributed by atoms with Gasteiger partial charge in [-0.05, 0) is 54.0 Å². The Morgan fingerprint density at radius 1 is 0.867 bits per heavy atom. The Balaban J connectivity index is 1.60. The molecule has 2 amide bonds. The van der Waals surface area contributed by atoms with Gasteiger partial charge in [0.15, 0.2) is 0 Å². The van der Waals surface area contributed by atoms with Crippen molar-refractivity contribution >= 4 is 6.03 Å². The quantitative estimate of drug-likeness (QED) is 0.585. The molecule has 30 heavy (non-hydrogen) atoms. The minimum atomic E-state index is -0.200. The molecule has 0 aliphatic rings. The second-order valence-electron chi connectivity index (χ2n) is 7.48. The molecule has 2 N–H and O–H groups in total. The smallest absolute Gasteiger partial charge is 0.315 e. The van der Waals surface area contributed by atoms with E-state index >= 15 is 0 Å². The number of benzene rings is 3. The molecule has 0 spiro atoms. The summed E-state index contributed by atoms with van der Waals surface area (Å²) in [6.07, 6.45) is 0. The highest BCUT2D eigenvalue weighted by Crippen LogP contribution is 2.24. The van der Waals surface area contributed by atoms with Gasteiger partial charge in [0.2, 0.25) is 0 Å². The maximum absolute atomic E-state index is 12.3. The lowest BCUT2D eigenvalue weighted by molar-refractivity contribution is 0.240. The Hall–Kier alpha value is -3.31. The van der Waals surface area contributed by atoms with Gasteiger partial charge in [0.05, 0.1) is 7.11 Å². The molecule has 0 atom stereocenters. The second-order valence-corrected chi connectivity index (χ2v) is 7.48. The standard InChI is InChI=1S/C25H29N3O2/c1-28(2)18-19-11-13-21(14-12-19)24-10-5-4-8-22(24)17-27-25(29)26-16-20-7-6-9-23(15-20)30-3/h4-15H,16-18H2,1-3H3,(H2,26,27,29). The van der Waals surface area contributed by atoms with Crippen LogP contribution in [0.25, 0.3) is 11.1 Å². The molecule has 3 aromatic carbocycles. The summed E-state index contributed by atoms with van der Waals surface area (Å²) in [5.74, 6) is 0.778. The van der Waals surface area contributed by atoms with Crippen molar-refractivity contribution in [1.82, 2.24) is 15.5 Å². The van der Waals surface area contributed by atoms with Crippen LogP contribution in [0.3, 0.4) is 0 Å². The zero-order valence-electron chi connectivity index (χ0n) is 17.8. The van der Waals surface area contributed by atoms with Crippen LogP contribution in [0.5, 0.6) is 5.75 Å². The fourth-order valence-corrected chi connectivity index (χ4v) is 3.31. The van der Waals surface area contributed by atoms with Crippen molar-refractivity contribution in [2.75, 3.05) is 21.2 Å². The fraction of sp³-hybridized carbons (Fsp3) is 0.240. The molecule has 3 aromatic rings. The van der Waals surface area contributed by atoms with E-state index in [0.717, 1.165) is 34.5 Å². The van der Waals surface area contributed by atoms with Gasteiger partial charge >= 0.3 is 6.03 Å². The molecule has 0 radical (unpaired) electrons. The normalized spacial score (nSPS) is 10.7. The Kier molecular flexibility index (Phi) is 7.46. The maximum atomic E-state index is 12.3. The van der Waals surface area contributed by atoms with Crippen LogP contribution in [-0.2, 0) is 19.6 Å². The molecule has 0 fully saturated rings. The van der Waals surface area contributed by atoms with E-state index in [4.69, 9.17) is 4.74 Å². The molecule has 5 nitrogen and oxygen atoms in total. The van der Waals surface area contributed by atoms with Gasteiger partial charge in [0.1, 0.15) is 5.75 Å². The lowest BCUT2D eigenvalue weighted by Gasteiger charge is -2.13. The Labute approximate surface area is 178 Å². The lowest BCUT2D eigenvalue weighted by atomic mass is 9.98. The van der Waals surface area contributed by atoms with Gasteiger partial charge in [-0.2, -0.15) is 0 Å². The fourth-order valence-electron chi connectivity index (χ4n) is 3.31. The zero-order chi connectivity index (χ0) is 21.3. The number of ether oxygens (including phenoxy) is 1. The van der Waals surface area contributed by atoms with Crippen molar-refractivity contribution < 1.29 is 9.53 Å². The van der Waals surface area contributed by atoms with Gasteiger partial charge in [0.25, 0.3) is 0 Å². The molecule has 0 aliphatic carbocycles. The number of urea groups is 1. The highest BCUT2D eigenvalue weighted by molar-refractivity contribution is 5.75. The average molecular weight is 404 g/mol. The molecule has 0 aliphatic heterocycles. The number of methoxy groups -OCH3 is 1. The maximum Gasteiger partial charge on any atom is 0.315 e. The number of rotatable bonds is 8. The monoisotopic (exact) mass is 403 g/mol. The van der Waals surface area contributed by atoms with E-state index in [1.165, 1.54) is 5.56 Å². The van der Waals surface area contributed by atoms with E-state index in [-0.39, 0.29) is 6.03 Å². The molecule has 0 aromatic heterocycles. The van der Waals surface area contributed by atoms with Gasteiger partial charge in [-0.3, -0.25) is 0 Å². The van der Waals surface area contributed by atoms with Crippen molar-refractivity contribution in [3.63, 3.8) is 0 Å². The summed E-state index contributed by atoms with van der Waals surface area (Å²) in [6.45, 7) is 1.81. The molecule has 5 heteroatoms. The summed E-state index contributed by atoms with van der Waals surface area (Å²) in [4.78, 5) is 14.4. The first kappa shape index (κ1) is 21.4. The minimum absolute atomic E-state index is 0.200. The molecule has 3 rings (SSSR count). The number of hydrogen-bond acceptors (Lipinski definition) is 3. The third kappa shape index (κ3) is 6.09. The van der Waals surface area contributed by atoms with Crippen molar-refractivity contribution in [2.24, 2.45) is 0 Å². The number of nitrogens with zero attached hydrogens (tertiary/aromatic N) is 1. The highest BCUT2D eigenvalue weighted by atomic mass is 16.5. The number of carbonyl (C=O) groups is 1. The molecule has 0 saturated heterocycles. The van der Waals surface area contributed by atoms with Gasteiger partial charge < -0.3 is 20.3 Å². The van der Waals surface area contributed by atoms with Crippen LogP contribution < -0.4 is 15.4 Å². The SMILES string of the molecule is COc1cccc(CNC(=O)NCc2ccccc2-c2ccc(CN(C)C)cc2)c1. The van der Waals surface area contributed by atoms with Crippen molar-refractivity contribution in [1.29, 1.82) is 0 Å². The van der Waals surface area contributed by atoms with Gasteiger partial charge in [-0.15, -0.1) is 0 Å². The average Bonchev–Trinajstić information content (AvgIpc) is 2.77. The van der Waals surface area contributed by atoms with Gasteiger partial charge in [-0.25, -0.2) is 4.79 Å². The summed E-state index contributed by atoms with van der Waals surface area (Å²) in [5, 5.41) is 5.85. The first-order chi connectivity index (χ1) is 14.5. The first-order valence-corrected chi connectivity index (χ1v) is 10.0. The van der Waals surface area contributed by atoms with Crippen molar-refractivity contribution in [2.45, 2.75) is 19.6 Å². The zero-order valence-corrected chi connectivity index (χ0v) is 17.8. The summed E-state index contributed by atoms with van der Waals surface area (Å²) in [7, 11) is 5.76. The van der Waals surface area contributed by atoms with Gasteiger partial charge in [-0.1, -0.05) is 60.7 Å². The van der Waals surface area contributed by atoms with E-state index in [1.54, 1.807) is 7.11 Å². The van der Waals surface area contributed by atoms with E-state index in [9.17, 15) is 4.79 Å². The molecule has 0 bridgehead atoms. The molecule has 0 unspecified atom stereocenters. The number of amides is 2. The highest BCUT2D eigenvalue weighted by Gasteiger charge is 2.07. The van der Waals surface area contributed by atoms with Gasteiger partial charge in [0, 0.05) is 19.6 Å². The third-order valence-corrected chi connectivity index (χ3v) is 4.81. The number of carbonyl (C=O) groups excluding carboxylic acids is 1. The number of hydrogen-bond donors (Lipinski definition) is 2. The summed E-state index contributed by atoms with van der Waals surface area (Å²) < 4.78 is 5.22. The van der Waals surface area contributed by atoms with E-state index in [0.29, 0.717) is 13.1 Å². The predicted molar refractivity (Wildman–Crippen MR) is 121 cm³/mol. The topological polar surface area (TPSA) is 53.6 Å². The van der Waals surface area contributed by atoms with Crippen molar-refractivity contribution in [3.05, 3.63) is 89.5 Å². The molecular formula is C25H29N3O2. The molecule has 0 heterocycles. The van der Waals surface area contributed by atoms with E-state index in [2.05, 4.69) is 60.0 Å². The van der Waals surface area contributed by atoms with Crippen LogP contribution in [0.2, 0.25) is 0 Å². The minimum Gasteiger partial charge on any atom is -0.497 e. The van der Waals surface area contributed by atoms with Crippen LogP contribution in [0.15, 0.2) is 72.8 Å². The summed E-state index contributed by atoms with van der Waals surface area (Å²) in [6, 6.07) is 24.2. The second kappa shape index (κ2) is 10.5. The van der Waals surface area contributed by atoms with Crippen LogP contribution in [0.4, 0.5) is 4.79 Å². The third-order valence-electron chi connectivity index (χ3n) is 4.81. The number of nitrogens with one attached hydrogen (secondary N) is 2. The van der Waals surface area contributed by atoms with E-state index < -0.39 is 0 Å². The largest absolute Gasteiger partial charge is 0.497 e. The van der Waals surface area contributed by atoms with Crippen LogP contribution in [0.1, 0.15) is 16.7 Å². The van der Waals surface area contributed by atoms with Crippen LogP contribution >= 0.6 is 0 Å². The summed E-state index contributed by atoms with van der Waals surface area (Å²) in [5.41, 5.74) is 5.61. The molecular weight excluding hydrogens is 374 g/mol. The van der Waals surface area contributed by atoms with Crippen LogP contribution in [-0.4, -0.2) is 32.1 Å². The Morgan fingerprint density at radius 3 is 2.33 bits per heavy atom. The van der Waals surface area contributed by atoms with Crippen molar-refractivity contribution in [3.8, 4) is 16.9 Å². The summed E-state index contributed by atoms with van der Waals surface area (Å²) >= 11 is 0. The Bertz CT molecular complexity index is 968.